The summed E-state index contributed by atoms with van der Waals surface area (Å²) in [5, 5.41) is 4.46. The highest BCUT2D eigenvalue weighted by Crippen LogP contribution is 2.28. The molecule has 1 unspecified atom stereocenters. The quantitative estimate of drug-likeness (QED) is 0.234. The van der Waals surface area contributed by atoms with Crippen molar-refractivity contribution in [1.82, 2.24) is 14.8 Å². The molecule has 0 N–H and O–H groups in total. The van der Waals surface area contributed by atoms with Gasteiger partial charge in [0.1, 0.15) is 5.75 Å². The Morgan fingerprint density at radius 3 is 2.97 bits per heavy atom. The summed E-state index contributed by atoms with van der Waals surface area (Å²) >= 11 is 0. The van der Waals surface area contributed by atoms with Crippen molar-refractivity contribution in [3.05, 3.63) is 72.1 Å². The van der Waals surface area contributed by atoms with Gasteiger partial charge in [-0.05, 0) is 74.4 Å². The van der Waals surface area contributed by atoms with Crippen molar-refractivity contribution in [2.75, 3.05) is 19.8 Å². The number of hydrogen-bond donors (Lipinski definition) is 0. The number of esters is 1. The highest BCUT2D eigenvalue weighted by atomic mass is 16.5. The van der Waals surface area contributed by atoms with Crippen LogP contribution >= 0.6 is 0 Å². The minimum Gasteiger partial charge on any atom is -0.492 e. The number of carbonyl (C=O) groups is 1. The number of pyridine rings is 1. The second-order valence-electron chi connectivity index (χ2n) is 8.14. The Morgan fingerprint density at radius 2 is 2.18 bits per heavy atom. The van der Waals surface area contributed by atoms with Gasteiger partial charge in [-0.15, -0.1) is 0 Å². The Morgan fingerprint density at radius 1 is 1.24 bits per heavy atom. The first kappa shape index (κ1) is 23.7. The summed E-state index contributed by atoms with van der Waals surface area (Å²) in [5.41, 5.74) is 3.98. The molecule has 0 aliphatic carbocycles. The first-order valence-electron chi connectivity index (χ1n) is 11.9. The molecule has 1 aromatic carbocycles. The Labute approximate surface area is 200 Å². The minimum absolute atomic E-state index is 0.0179. The second kappa shape index (κ2) is 12.1. The van der Waals surface area contributed by atoms with E-state index in [4.69, 9.17) is 14.2 Å². The molecule has 1 atom stereocenters. The van der Waals surface area contributed by atoms with Crippen LogP contribution in [0.4, 0.5) is 0 Å². The molecule has 1 aliphatic rings. The molecule has 3 aromatic rings. The van der Waals surface area contributed by atoms with Crippen LogP contribution in [0.15, 0.2) is 60.9 Å². The van der Waals surface area contributed by atoms with Gasteiger partial charge >= 0.3 is 5.97 Å². The summed E-state index contributed by atoms with van der Waals surface area (Å²) in [6.45, 7) is 3.54. The van der Waals surface area contributed by atoms with E-state index in [1.165, 1.54) is 11.6 Å². The molecule has 1 saturated heterocycles. The van der Waals surface area contributed by atoms with Gasteiger partial charge in [0.2, 0.25) is 0 Å². The molecular weight excluding hydrogens is 430 g/mol. The van der Waals surface area contributed by atoms with Gasteiger partial charge in [-0.1, -0.05) is 24.3 Å². The van der Waals surface area contributed by atoms with Gasteiger partial charge in [-0.2, -0.15) is 5.10 Å². The summed E-state index contributed by atoms with van der Waals surface area (Å²) in [6, 6.07) is 14.0. The predicted octanol–water partition coefficient (Wildman–Crippen LogP) is 5.23. The van der Waals surface area contributed by atoms with Crippen LogP contribution in [0.25, 0.3) is 17.5 Å². The van der Waals surface area contributed by atoms with Crippen molar-refractivity contribution in [1.29, 1.82) is 0 Å². The van der Waals surface area contributed by atoms with E-state index in [-0.39, 0.29) is 12.2 Å². The monoisotopic (exact) mass is 461 g/mol. The minimum atomic E-state index is -0.326. The number of hydrogen-bond acceptors (Lipinski definition) is 6. The topological polar surface area (TPSA) is 75.5 Å². The van der Waals surface area contributed by atoms with Gasteiger partial charge in [-0.3, -0.25) is 4.98 Å². The predicted molar refractivity (Wildman–Crippen MR) is 130 cm³/mol. The number of benzene rings is 1. The van der Waals surface area contributed by atoms with Crippen LogP contribution in [-0.4, -0.2) is 40.6 Å². The number of rotatable bonds is 10. The third kappa shape index (κ3) is 6.54. The first-order chi connectivity index (χ1) is 16.7. The number of carbonyl (C=O) groups excluding carboxylic acids is 1. The second-order valence-corrected chi connectivity index (χ2v) is 8.14. The third-order valence-corrected chi connectivity index (χ3v) is 5.63. The highest BCUT2D eigenvalue weighted by Gasteiger charge is 2.20. The van der Waals surface area contributed by atoms with Crippen molar-refractivity contribution in [3.8, 4) is 17.1 Å². The molecule has 4 rings (SSSR count). The van der Waals surface area contributed by atoms with E-state index < -0.39 is 0 Å². The first-order valence-corrected chi connectivity index (χ1v) is 11.9. The van der Waals surface area contributed by atoms with Crippen LogP contribution in [0.1, 0.15) is 50.0 Å². The summed E-state index contributed by atoms with van der Waals surface area (Å²) in [4.78, 5) is 16.1. The van der Waals surface area contributed by atoms with Crippen molar-refractivity contribution in [2.45, 2.75) is 45.3 Å². The van der Waals surface area contributed by atoms with E-state index in [0.29, 0.717) is 13.2 Å². The molecule has 2 aromatic heterocycles. The van der Waals surface area contributed by atoms with E-state index >= 15 is 0 Å². The van der Waals surface area contributed by atoms with Crippen molar-refractivity contribution >= 4 is 12.0 Å². The average Bonchev–Trinajstić information content (AvgIpc) is 3.37. The molecule has 0 amide bonds. The largest absolute Gasteiger partial charge is 0.492 e. The van der Waals surface area contributed by atoms with Crippen LogP contribution in [0.2, 0.25) is 0 Å². The molecule has 7 nitrogen and oxygen atoms in total. The fourth-order valence-electron chi connectivity index (χ4n) is 3.95. The normalized spacial score (nSPS) is 16.0. The summed E-state index contributed by atoms with van der Waals surface area (Å²) in [6.07, 6.45) is 11.8. The molecule has 0 saturated carbocycles. The molecule has 0 radical (unpaired) electrons. The molecule has 0 bridgehead atoms. The Balaban J connectivity index is 1.26. The van der Waals surface area contributed by atoms with E-state index in [1.807, 2.05) is 35.0 Å². The molecule has 3 heterocycles. The van der Waals surface area contributed by atoms with Crippen LogP contribution in [0, 0.1) is 0 Å². The van der Waals surface area contributed by atoms with Gasteiger partial charge in [0, 0.05) is 18.9 Å². The lowest BCUT2D eigenvalue weighted by Gasteiger charge is -2.24. The lowest BCUT2D eigenvalue weighted by Crippen LogP contribution is -2.20. The summed E-state index contributed by atoms with van der Waals surface area (Å²) in [7, 11) is 0. The zero-order valence-corrected chi connectivity index (χ0v) is 19.6. The van der Waals surface area contributed by atoms with Crippen molar-refractivity contribution in [2.24, 2.45) is 0 Å². The fourth-order valence-corrected chi connectivity index (χ4v) is 3.95. The zero-order chi connectivity index (χ0) is 23.6. The Kier molecular flexibility index (Phi) is 8.46. The van der Waals surface area contributed by atoms with Crippen molar-refractivity contribution in [3.63, 3.8) is 0 Å². The lowest BCUT2D eigenvalue weighted by atomic mass is 10.1. The average molecular weight is 462 g/mol. The van der Waals surface area contributed by atoms with E-state index in [1.54, 1.807) is 25.4 Å². The zero-order valence-electron chi connectivity index (χ0n) is 19.6. The fraction of sp³-hybridized carbons (Fsp3) is 0.370. The SMILES string of the molecule is CCOC(=O)/C=C/c1cccc(CCCOc2ccc(-c3ccnn3C3CCCCO3)nc2)c1. The standard InChI is InChI=1S/C27H31N3O4/c1-2-32-27(31)14-11-22-8-5-7-21(19-22)9-6-18-33-23-12-13-24(28-20-23)25-15-16-29-30(25)26-10-3-4-17-34-26/h5,7-8,11-16,19-20,26H,2-4,6,9-10,17-18H2,1H3/b14-11+. The maximum absolute atomic E-state index is 11.5. The van der Waals surface area contributed by atoms with Crippen molar-refractivity contribution < 1.29 is 19.0 Å². The van der Waals surface area contributed by atoms with Crippen LogP contribution < -0.4 is 4.74 Å². The van der Waals surface area contributed by atoms with E-state index in [9.17, 15) is 4.79 Å². The van der Waals surface area contributed by atoms with Gasteiger partial charge in [0.15, 0.2) is 6.23 Å². The molecule has 34 heavy (non-hydrogen) atoms. The summed E-state index contributed by atoms with van der Waals surface area (Å²) in [5.74, 6) is 0.419. The lowest BCUT2D eigenvalue weighted by molar-refractivity contribution is -0.137. The van der Waals surface area contributed by atoms with Crippen LogP contribution in [0.3, 0.4) is 0 Å². The number of ether oxygens (including phenoxy) is 3. The van der Waals surface area contributed by atoms with E-state index in [0.717, 1.165) is 61.4 Å². The van der Waals surface area contributed by atoms with Gasteiger partial charge in [-0.25, -0.2) is 9.48 Å². The van der Waals surface area contributed by atoms with Gasteiger partial charge < -0.3 is 14.2 Å². The third-order valence-electron chi connectivity index (χ3n) is 5.63. The number of aryl methyl sites for hydroxylation is 1. The molecule has 1 aliphatic heterocycles. The molecule has 1 fully saturated rings. The molecular formula is C27H31N3O4. The maximum atomic E-state index is 11.5. The summed E-state index contributed by atoms with van der Waals surface area (Å²) < 4.78 is 18.6. The Bertz CT molecular complexity index is 1090. The maximum Gasteiger partial charge on any atom is 0.330 e. The molecule has 178 valence electrons. The van der Waals surface area contributed by atoms with E-state index in [2.05, 4.69) is 22.2 Å². The van der Waals surface area contributed by atoms with Gasteiger partial charge in [0.25, 0.3) is 0 Å². The highest BCUT2D eigenvalue weighted by molar-refractivity contribution is 5.87. The van der Waals surface area contributed by atoms with Gasteiger partial charge in [0.05, 0.1) is 30.8 Å². The van der Waals surface area contributed by atoms with Crippen LogP contribution in [0.5, 0.6) is 5.75 Å². The smallest absolute Gasteiger partial charge is 0.330 e. The Hall–Kier alpha value is -3.45. The van der Waals surface area contributed by atoms with Crippen LogP contribution in [-0.2, 0) is 20.7 Å². The molecule has 7 heteroatoms. The number of nitrogens with zero attached hydrogens (tertiary/aromatic N) is 3. The number of aromatic nitrogens is 3. The molecule has 0 spiro atoms.